The van der Waals surface area contributed by atoms with Crippen LogP contribution < -0.4 is 4.18 Å². The van der Waals surface area contributed by atoms with Crippen molar-refractivity contribution in [1.29, 1.82) is 0 Å². The first-order valence-electron chi connectivity index (χ1n) is 5.84. The molecule has 0 unspecified atom stereocenters. The maximum Gasteiger partial charge on any atom is 0.299 e. The molecule has 0 radical (unpaired) electrons. The van der Waals surface area contributed by atoms with E-state index in [1.54, 1.807) is 6.07 Å². The summed E-state index contributed by atoms with van der Waals surface area (Å²) >= 11 is 0. The first-order chi connectivity index (χ1) is 8.49. The molecule has 0 saturated carbocycles. The van der Waals surface area contributed by atoms with E-state index < -0.39 is 11.0 Å². The lowest BCUT2D eigenvalue weighted by atomic mass is 10.0. The standard InChI is InChI=1S/C14H16O3S/c1-9(2)11-5-4-6-12-10(3)7-14(13(12)8-11)17-18(15)16/h4-9,18H,1-3H3. The zero-order valence-corrected chi connectivity index (χ0v) is 11.5. The SMILES string of the molecule is Cc1cc(O[SH](=O)=O)c2cc(C(C)C)cccc1-2. The second-order valence-corrected chi connectivity index (χ2v) is 5.29. The van der Waals surface area contributed by atoms with E-state index in [0.717, 1.165) is 22.3 Å². The van der Waals surface area contributed by atoms with Gasteiger partial charge >= 0.3 is 0 Å². The number of thiol groups is 1. The summed E-state index contributed by atoms with van der Waals surface area (Å²) in [6, 6.07) is 9.79. The third-order valence-electron chi connectivity index (χ3n) is 3.03. The van der Waals surface area contributed by atoms with E-state index in [9.17, 15) is 8.42 Å². The number of rotatable bonds is 3. The van der Waals surface area contributed by atoms with Gasteiger partial charge in [0, 0.05) is 5.56 Å². The van der Waals surface area contributed by atoms with Crippen LogP contribution in [-0.4, -0.2) is 8.42 Å². The number of fused-ring (bicyclic) bond motifs is 1. The fraction of sp³-hybridized carbons (Fsp3) is 0.286. The summed E-state index contributed by atoms with van der Waals surface area (Å²) in [5.41, 5.74) is 4.04. The van der Waals surface area contributed by atoms with Crippen molar-refractivity contribution in [2.45, 2.75) is 26.7 Å². The molecule has 96 valence electrons. The summed E-state index contributed by atoms with van der Waals surface area (Å²) in [5, 5.41) is 0. The predicted octanol–water partition coefficient (Wildman–Crippen LogP) is 3.13. The predicted molar refractivity (Wildman–Crippen MR) is 72.8 cm³/mol. The third-order valence-corrected chi connectivity index (χ3v) is 3.38. The van der Waals surface area contributed by atoms with Gasteiger partial charge in [-0.25, -0.2) is 0 Å². The molecule has 0 saturated heterocycles. The van der Waals surface area contributed by atoms with Gasteiger partial charge in [-0.05, 0) is 41.7 Å². The lowest BCUT2D eigenvalue weighted by molar-refractivity contribution is 0.512. The molecule has 0 bridgehead atoms. The zero-order chi connectivity index (χ0) is 13.3. The Balaban J connectivity index is 2.64. The monoisotopic (exact) mass is 264 g/mol. The van der Waals surface area contributed by atoms with Crippen LogP contribution in [0.4, 0.5) is 0 Å². The van der Waals surface area contributed by atoms with E-state index in [0.29, 0.717) is 11.7 Å². The summed E-state index contributed by atoms with van der Waals surface area (Å²) in [7, 11) is -2.88. The Hall–Kier alpha value is -1.55. The smallest absolute Gasteiger partial charge is 0.299 e. The normalized spacial score (nSPS) is 11.4. The number of aryl methyl sites for hydroxylation is 1. The molecule has 0 heterocycles. The highest BCUT2D eigenvalue weighted by atomic mass is 32.2. The second-order valence-electron chi connectivity index (χ2n) is 4.66. The molecule has 0 fully saturated rings. The Bertz CT molecular complexity index is 607. The van der Waals surface area contributed by atoms with Crippen molar-refractivity contribution < 1.29 is 12.6 Å². The molecular formula is C14H16O3S. The Kier molecular flexibility index (Phi) is 3.57. The van der Waals surface area contributed by atoms with Crippen LogP contribution >= 0.6 is 0 Å². The molecule has 3 nitrogen and oxygen atoms in total. The highest BCUT2D eigenvalue weighted by Gasteiger charge is 2.15. The van der Waals surface area contributed by atoms with Crippen molar-refractivity contribution in [1.82, 2.24) is 0 Å². The maximum atomic E-state index is 10.7. The van der Waals surface area contributed by atoms with Crippen LogP contribution in [0.25, 0.3) is 11.1 Å². The molecule has 0 atom stereocenters. The molecular weight excluding hydrogens is 248 g/mol. The average Bonchev–Trinajstić information content (AvgIpc) is 2.50. The molecule has 0 aromatic rings. The summed E-state index contributed by atoms with van der Waals surface area (Å²) in [6.07, 6.45) is 0. The summed E-state index contributed by atoms with van der Waals surface area (Å²) < 4.78 is 26.3. The van der Waals surface area contributed by atoms with Gasteiger partial charge in [-0.2, -0.15) is 8.42 Å². The Labute approximate surface area is 109 Å². The van der Waals surface area contributed by atoms with E-state index in [2.05, 4.69) is 13.8 Å². The van der Waals surface area contributed by atoms with E-state index in [-0.39, 0.29) is 0 Å². The molecule has 2 rings (SSSR count). The molecule has 0 aliphatic heterocycles. The van der Waals surface area contributed by atoms with Gasteiger partial charge in [0.15, 0.2) is 0 Å². The lowest BCUT2D eigenvalue weighted by Gasteiger charge is -2.03. The summed E-state index contributed by atoms with van der Waals surface area (Å²) in [4.78, 5) is 0. The quantitative estimate of drug-likeness (QED) is 0.866. The van der Waals surface area contributed by atoms with Gasteiger partial charge in [0.25, 0.3) is 11.0 Å². The Morgan fingerprint density at radius 2 is 1.83 bits per heavy atom. The first-order valence-corrected chi connectivity index (χ1v) is 6.94. The van der Waals surface area contributed by atoms with E-state index in [4.69, 9.17) is 4.18 Å². The minimum atomic E-state index is -2.88. The van der Waals surface area contributed by atoms with E-state index >= 15 is 0 Å². The Morgan fingerprint density at radius 1 is 1.11 bits per heavy atom. The summed E-state index contributed by atoms with van der Waals surface area (Å²) in [6.45, 7) is 6.15. The van der Waals surface area contributed by atoms with Gasteiger partial charge in [-0.3, -0.25) is 0 Å². The lowest BCUT2D eigenvalue weighted by Crippen LogP contribution is -1.89. The molecule has 18 heavy (non-hydrogen) atoms. The van der Waals surface area contributed by atoms with Gasteiger partial charge in [0.1, 0.15) is 5.75 Å². The minimum Gasteiger partial charge on any atom is -0.384 e. The highest BCUT2D eigenvalue weighted by molar-refractivity contribution is 7.67. The van der Waals surface area contributed by atoms with Crippen LogP contribution in [0.3, 0.4) is 0 Å². The molecule has 0 N–H and O–H groups in total. The largest absolute Gasteiger partial charge is 0.384 e. The molecule has 0 aromatic carbocycles. The topological polar surface area (TPSA) is 43.4 Å². The van der Waals surface area contributed by atoms with Crippen LogP contribution in [0.5, 0.6) is 5.75 Å². The van der Waals surface area contributed by atoms with Gasteiger partial charge in [0.2, 0.25) is 0 Å². The van der Waals surface area contributed by atoms with Crippen LogP contribution in [0, 0.1) is 6.92 Å². The average molecular weight is 264 g/mol. The van der Waals surface area contributed by atoms with E-state index in [1.807, 2.05) is 31.2 Å². The van der Waals surface area contributed by atoms with Crippen molar-refractivity contribution in [3.63, 3.8) is 0 Å². The fourth-order valence-corrected chi connectivity index (χ4v) is 2.36. The van der Waals surface area contributed by atoms with Crippen LogP contribution in [0.1, 0.15) is 30.9 Å². The second kappa shape index (κ2) is 4.98. The zero-order valence-electron chi connectivity index (χ0n) is 10.6. The highest BCUT2D eigenvalue weighted by Crippen LogP contribution is 2.38. The molecule has 0 amide bonds. The van der Waals surface area contributed by atoms with Gasteiger partial charge in [-0.15, -0.1) is 0 Å². The molecule has 2 aliphatic rings. The van der Waals surface area contributed by atoms with Crippen molar-refractivity contribution in [2.75, 3.05) is 0 Å². The van der Waals surface area contributed by atoms with Gasteiger partial charge < -0.3 is 4.18 Å². The third kappa shape index (κ3) is 2.48. The molecule has 4 heteroatoms. The van der Waals surface area contributed by atoms with Gasteiger partial charge in [0.05, 0.1) is 0 Å². The van der Waals surface area contributed by atoms with Gasteiger partial charge in [-0.1, -0.05) is 32.0 Å². The van der Waals surface area contributed by atoms with Crippen LogP contribution in [0.2, 0.25) is 0 Å². The first kappa shape index (κ1) is 12.9. The molecule has 2 aliphatic carbocycles. The Morgan fingerprint density at radius 3 is 2.44 bits per heavy atom. The van der Waals surface area contributed by atoms with Crippen molar-refractivity contribution >= 4 is 11.0 Å². The maximum absolute atomic E-state index is 10.7. The van der Waals surface area contributed by atoms with Crippen LogP contribution in [0.15, 0.2) is 30.3 Å². The number of hydrogen-bond donors (Lipinski definition) is 1. The van der Waals surface area contributed by atoms with Crippen molar-refractivity contribution in [3.8, 4) is 16.9 Å². The molecule has 0 aromatic heterocycles. The van der Waals surface area contributed by atoms with Crippen molar-refractivity contribution in [2.24, 2.45) is 0 Å². The van der Waals surface area contributed by atoms with Crippen molar-refractivity contribution in [3.05, 3.63) is 41.5 Å². The van der Waals surface area contributed by atoms with Crippen LogP contribution in [-0.2, 0) is 11.0 Å². The summed E-state index contributed by atoms with van der Waals surface area (Å²) in [5.74, 6) is 0.793. The fourth-order valence-electron chi connectivity index (χ4n) is 2.05. The van der Waals surface area contributed by atoms with E-state index in [1.165, 1.54) is 0 Å². The molecule has 0 spiro atoms. The minimum absolute atomic E-state index is 0.379. The number of hydrogen-bond acceptors (Lipinski definition) is 3.